The van der Waals surface area contributed by atoms with Gasteiger partial charge in [-0.05, 0) is 5.56 Å². The molecule has 4 aromatic rings. The number of hydrogen-bond donors (Lipinski definition) is 0. The summed E-state index contributed by atoms with van der Waals surface area (Å²) in [5, 5.41) is 13.0. The summed E-state index contributed by atoms with van der Waals surface area (Å²) in [6.45, 7) is 4.55. The maximum Gasteiger partial charge on any atom is 0.192 e. The molecule has 140 valence electrons. The number of hydrogen-bond acceptors (Lipinski definition) is 5. The zero-order valence-corrected chi connectivity index (χ0v) is 17.0. The van der Waals surface area contributed by atoms with Crippen molar-refractivity contribution in [3.63, 3.8) is 0 Å². The van der Waals surface area contributed by atoms with Crippen molar-refractivity contribution in [2.75, 3.05) is 0 Å². The first-order valence-electron chi connectivity index (χ1n) is 9.03. The van der Waals surface area contributed by atoms with E-state index in [0.717, 1.165) is 39.4 Å². The highest BCUT2D eigenvalue weighted by atomic mass is 32.2. The van der Waals surface area contributed by atoms with E-state index in [-0.39, 0.29) is 0 Å². The maximum atomic E-state index is 4.78. The van der Waals surface area contributed by atoms with Crippen molar-refractivity contribution >= 4 is 23.1 Å². The Kier molecular flexibility index (Phi) is 5.99. The van der Waals surface area contributed by atoms with Crippen molar-refractivity contribution in [3.05, 3.63) is 95.0 Å². The van der Waals surface area contributed by atoms with Crippen LogP contribution in [0, 0.1) is 0 Å². The largest absolute Gasteiger partial charge is 0.298 e. The minimum atomic E-state index is 0.676. The average Bonchev–Trinajstić information content (AvgIpc) is 3.35. The second-order valence-corrected chi connectivity index (χ2v) is 8.14. The summed E-state index contributed by atoms with van der Waals surface area (Å²) in [5.74, 6) is 1.64. The van der Waals surface area contributed by atoms with Crippen LogP contribution in [0.15, 0.2) is 83.9 Å². The van der Waals surface area contributed by atoms with Crippen LogP contribution in [0.1, 0.15) is 16.3 Å². The molecule has 4 rings (SSSR count). The van der Waals surface area contributed by atoms with Gasteiger partial charge in [-0.3, -0.25) is 4.57 Å². The van der Waals surface area contributed by atoms with Crippen molar-refractivity contribution in [2.45, 2.75) is 23.9 Å². The molecule has 0 atom stereocenters. The molecule has 2 heterocycles. The predicted octanol–water partition coefficient (Wildman–Crippen LogP) is 5.47. The zero-order valence-electron chi connectivity index (χ0n) is 15.4. The van der Waals surface area contributed by atoms with Crippen LogP contribution in [0.5, 0.6) is 0 Å². The third-order valence-corrected chi connectivity index (χ3v) is 6.11. The van der Waals surface area contributed by atoms with Gasteiger partial charge in [0.2, 0.25) is 0 Å². The van der Waals surface area contributed by atoms with E-state index in [1.165, 1.54) is 5.56 Å². The van der Waals surface area contributed by atoms with Crippen LogP contribution >= 0.6 is 23.1 Å². The molecular weight excluding hydrogens is 384 g/mol. The number of nitrogens with zero attached hydrogens (tertiary/aromatic N) is 4. The van der Waals surface area contributed by atoms with Crippen molar-refractivity contribution < 1.29 is 0 Å². The van der Waals surface area contributed by atoms with Gasteiger partial charge in [-0.15, -0.1) is 28.1 Å². The standard InChI is InChI=1S/C22H20N4S2/c1-2-13-26-21(18-11-7-4-8-12-18)24-25-22(26)28-16-19-15-27-20(23-19)14-17-9-5-3-6-10-17/h2-12,15H,1,13-14,16H2. The van der Waals surface area contributed by atoms with Crippen LogP contribution in [0.25, 0.3) is 11.4 Å². The minimum absolute atomic E-state index is 0.676. The Labute approximate surface area is 173 Å². The summed E-state index contributed by atoms with van der Waals surface area (Å²) in [6, 6.07) is 20.6. The highest BCUT2D eigenvalue weighted by Gasteiger charge is 2.14. The van der Waals surface area contributed by atoms with E-state index in [9.17, 15) is 0 Å². The van der Waals surface area contributed by atoms with Gasteiger partial charge in [-0.1, -0.05) is 78.5 Å². The monoisotopic (exact) mass is 404 g/mol. The fourth-order valence-corrected chi connectivity index (χ4v) is 4.67. The Hall–Kier alpha value is -2.70. The molecule has 2 aromatic carbocycles. The molecule has 0 unspecified atom stereocenters. The fraction of sp³-hybridized carbons (Fsp3) is 0.136. The summed E-state index contributed by atoms with van der Waals surface area (Å²) in [6.07, 6.45) is 2.75. The van der Waals surface area contributed by atoms with Gasteiger partial charge in [0.25, 0.3) is 0 Å². The van der Waals surface area contributed by atoms with Gasteiger partial charge < -0.3 is 0 Å². The van der Waals surface area contributed by atoms with E-state index in [1.54, 1.807) is 23.1 Å². The first kappa shape index (κ1) is 18.7. The topological polar surface area (TPSA) is 43.6 Å². The third-order valence-electron chi connectivity index (χ3n) is 4.21. The van der Waals surface area contributed by atoms with Gasteiger partial charge in [0.05, 0.1) is 10.7 Å². The van der Waals surface area contributed by atoms with Crippen molar-refractivity contribution in [1.29, 1.82) is 0 Å². The Bertz CT molecular complexity index is 1040. The molecule has 0 aliphatic carbocycles. The minimum Gasteiger partial charge on any atom is -0.298 e. The molecule has 0 saturated heterocycles. The molecule has 4 nitrogen and oxygen atoms in total. The Balaban J connectivity index is 1.46. The lowest BCUT2D eigenvalue weighted by atomic mass is 10.2. The highest BCUT2D eigenvalue weighted by molar-refractivity contribution is 7.98. The second-order valence-electron chi connectivity index (χ2n) is 6.26. The normalized spacial score (nSPS) is 10.9. The first-order valence-corrected chi connectivity index (χ1v) is 10.9. The van der Waals surface area contributed by atoms with Crippen molar-refractivity contribution in [1.82, 2.24) is 19.7 Å². The van der Waals surface area contributed by atoms with E-state index < -0.39 is 0 Å². The van der Waals surface area contributed by atoms with E-state index in [4.69, 9.17) is 4.98 Å². The molecule has 0 aliphatic rings. The summed E-state index contributed by atoms with van der Waals surface area (Å²) >= 11 is 3.37. The molecule has 0 bridgehead atoms. The molecule has 0 amide bonds. The van der Waals surface area contributed by atoms with Crippen LogP contribution in [0.4, 0.5) is 0 Å². The summed E-state index contributed by atoms with van der Waals surface area (Å²) < 4.78 is 2.10. The van der Waals surface area contributed by atoms with Crippen molar-refractivity contribution in [3.8, 4) is 11.4 Å². The van der Waals surface area contributed by atoms with Gasteiger partial charge in [0.15, 0.2) is 11.0 Å². The molecular formula is C22H20N4S2. The van der Waals surface area contributed by atoms with E-state index in [2.05, 4.69) is 51.0 Å². The fourth-order valence-electron chi connectivity index (χ4n) is 2.90. The van der Waals surface area contributed by atoms with Crippen LogP contribution in [-0.2, 0) is 18.7 Å². The van der Waals surface area contributed by atoms with Crippen LogP contribution in [0.3, 0.4) is 0 Å². The molecule has 2 aromatic heterocycles. The first-order chi connectivity index (χ1) is 13.8. The SMILES string of the molecule is C=CCn1c(SCc2csc(Cc3ccccc3)n2)nnc1-c1ccccc1. The van der Waals surface area contributed by atoms with Crippen molar-refractivity contribution in [2.24, 2.45) is 0 Å². The molecule has 0 aliphatic heterocycles. The van der Waals surface area contributed by atoms with E-state index in [1.807, 2.05) is 42.5 Å². The van der Waals surface area contributed by atoms with Gasteiger partial charge in [0.1, 0.15) is 0 Å². The number of thiazole rings is 1. The molecule has 0 fully saturated rings. The van der Waals surface area contributed by atoms with Gasteiger partial charge in [-0.25, -0.2) is 4.98 Å². The lowest BCUT2D eigenvalue weighted by molar-refractivity contribution is 0.731. The zero-order chi connectivity index (χ0) is 19.2. The van der Waals surface area contributed by atoms with Crippen LogP contribution in [0.2, 0.25) is 0 Å². The number of benzene rings is 2. The number of allylic oxidation sites excluding steroid dienone is 1. The Morgan fingerprint density at radius 2 is 1.75 bits per heavy atom. The molecule has 0 spiro atoms. The predicted molar refractivity (Wildman–Crippen MR) is 117 cm³/mol. The Morgan fingerprint density at radius 1 is 1.00 bits per heavy atom. The molecule has 0 saturated carbocycles. The number of thioether (sulfide) groups is 1. The van der Waals surface area contributed by atoms with E-state index >= 15 is 0 Å². The average molecular weight is 405 g/mol. The summed E-state index contributed by atoms with van der Waals surface area (Å²) in [5.41, 5.74) is 3.42. The van der Waals surface area contributed by atoms with Gasteiger partial charge in [0, 0.05) is 29.7 Å². The quantitative estimate of drug-likeness (QED) is 0.288. The molecule has 28 heavy (non-hydrogen) atoms. The van der Waals surface area contributed by atoms with E-state index in [0.29, 0.717) is 6.54 Å². The lowest BCUT2D eigenvalue weighted by Gasteiger charge is -2.07. The summed E-state index contributed by atoms with van der Waals surface area (Å²) in [4.78, 5) is 4.78. The Morgan fingerprint density at radius 3 is 2.50 bits per heavy atom. The van der Waals surface area contributed by atoms with Gasteiger partial charge in [-0.2, -0.15) is 0 Å². The number of aromatic nitrogens is 4. The molecule has 0 radical (unpaired) electrons. The second kappa shape index (κ2) is 8.99. The van der Waals surface area contributed by atoms with Crippen LogP contribution in [-0.4, -0.2) is 19.7 Å². The molecule has 6 heteroatoms. The van der Waals surface area contributed by atoms with Crippen LogP contribution < -0.4 is 0 Å². The lowest BCUT2D eigenvalue weighted by Crippen LogP contribution is -2.00. The smallest absolute Gasteiger partial charge is 0.192 e. The third kappa shape index (κ3) is 4.40. The highest BCUT2D eigenvalue weighted by Crippen LogP contribution is 2.27. The summed E-state index contributed by atoms with van der Waals surface area (Å²) in [7, 11) is 0. The van der Waals surface area contributed by atoms with Gasteiger partial charge >= 0.3 is 0 Å². The maximum absolute atomic E-state index is 4.78. The number of rotatable bonds is 8. The molecule has 0 N–H and O–H groups in total.